The Kier molecular flexibility index (Phi) is 4.17. The van der Waals surface area contributed by atoms with Crippen LogP contribution in [0.3, 0.4) is 0 Å². The van der Waals surface area contributed by atoms with Gasteiger partial charge in [0, 0.05) is 25.2 Å². The van der Waals surface area contributed by atoms with Crippen molar-refractivity contribution < 1.29 is 4.39 Å². The summed E-state index contributed by atoms with van der Waals surface area (Å²) < 4.78 is 13.3. The van der Waals surface area contributed by atoms with Gasteiger partial charge < -0.3 is 10.2 Å². The van der Waals surface area contributed by atoms with Crippen molar-refractivity contribution in [2.45, 2.75) is 39.3 Å². The first kappa shape index (κ1) is 13.3. The number of hydrogen-bond donors (Lipinski definition) is 1. The molecular formula is C14H22FN3. The quantitative estimate of drug-likeness (QED) is 0.842. The van der Waals surface area contributed by atoms with Crippen LogP contribution in [-0.2, 0) is 6.54 Å². The first-order chi connectivity index (χ1) is 8.63. The van der Waals surface area contributed by atoms with Gasteiger partial charge in [-0.2, -0.15) is 0 Å². The highest BCUT2D eigenvalue weighted by Gasteiger charge is 2.31. The highest BCUT2D eigenvalue weighted by molar-refractivity contribution is 5.47. The molecule has 0 amide bonds. The van der Waals surface area contributed by atoms with Gasteiger partial charge in [-0.15, -0.1) is 0 Å². The molecule has 0 saturated heterocycles. The minimum Gasteiger partial charge on any atom is -0.356 e. The molecule has 0 radical (unpaired) electrons. The summed E-state index contributed by atoms with van der Waals surface area (Å²) in [4.78, 5) is 6.46. The molecule has 1 aromatic heterocycles. The van der Waals surface area contributed by atoms with Gasteiger partial charge in [-0.05, 0) is 38.3 Å². The smallest absolute Gasteiger partial charge is 0.141 e. The molecule has 1 aromatic rings. The SMILES string of the molecule is CCNCc1cc(F)cnc1N(C)C(C)C1CC1. The molecule has 1 atom stereocenters. The lowest BCUT2D eigenvalue weighted by atomic mass is 10.1. The van der Waals surface area contributed by atoms with Gasteiger partial charge in [-0.3, -0.25) is 0 Å². The standard InChI is InChI=1S/C14H22FN3/c1-4-16-8-12-7-13(15)9-17-14(12)18(3)10(2)11-5-6-11/h7,9-11,16H,4-6,8H2,1-3H3. The number of hydrogen-bond acceptors (Lipinski definition) is 3. The molecule has 2 rings (SSSR count). The molecule has 1 fully saturated rings. The summed E-state index contributed by atoms with van der Waals surface area (Å²) in [6, 6.07) is 2.06. The topological polar surface area (TPSA) is 28.2 Å². The van der Waals surface area contributed by atoms with Crippen LogP contribution in [0.4, 0.5) is 10.2 Å². The molecule has 0 aromatic carbocycles. The van der Waals surface area contributed by atoms with Gasteiger partial charge in [0.05, 0.1) is 6.20 Å². The van der Waals surface area contributed by atoms with Gasteiger partial charge >= 0.3 is 0 Å². The Bertz CT molecular complexity index is 404. The minimum absolute atomic E-state index is 0.265. The van der Waals surface area contributed by atoms with Crippen LogP contribution < -0.4 is 10.2 Å². The Morgan fingerprint density at radius 1 is 1.56 bits per heavy atom. The molecule has 0 aliphatic heterocycles. The predicted octanol–water partition coefficient (Wildman–Crippen LogP) is 2.56. The van der Waals surface area contributed by atoms with Crippen molar-refractivity contribution >= 4 is 5.82 Å². The summed E-state index contributed by atoms with van der Waals surface area (Å²) >= 11 is 0. The minimum atomic E-state index is -0.265. The van der Waals surface area contributed by atoms with Crippen LogP contribution in [0, 0.1) is 11.7 Å². The van der Waals surface area contributed by atoms with Gasteiger partial charge in [0.25, 0.3) is 0 Å². The molecule has 18 heavy (non-hydrogen) atoms. The molecule has 1 unspecified atom stereocenters. The van der Waals surface area contributed by atoms with Crippen molar-refractivity contribution in [2.75, 3.05) is 18.5 Å². The van der Waals surface area contributed by atoms with E-state index in [9.17, 15) is 4.39 Å². The maximum atomic E-state index is 13.3. The average molecular weight is 251 g/mol. The molecule has 1 aliphatic carbocycles. The molecule has 0 spiro atoms. The average Bonchev–Trinajstić information content (AvgIpc) is 3.19. The molecule has 0 bridgehead atoms. The Balaban J connectivity index is 2.18. The van der Waals surface area contributed by atoms with Crippen molar-refractivity contribution in [1.82, 2.24) is 10.3 Å². The van der Waals surface area contributed by atoms with Gasteiger partial charge in [0.1, 0.15) is 11.6 Å². The van der Waals surface area contributed by atoms with E-state index in [1.165, 1.54) is 19.0 Å². The molecule has 3 nitrogen and oxygen atoms in total. The fraction of sp³-hybridized carbons (Fsp3) is 0.643. The highest BCUT2D eigenvalue weighted by Crippen LogP contribution is 2.36. The zero-order valence-electron chi connectivity index (χ0n) is 11.4. The Morgan fingerprint density at radius 3 is 2.89 bits per heavy atom. The number of pyridine rings is 1. The number of halogens is 1. The third-order valence-corrected chi connectivity index (χ3v) is 3.72. The lowest BCUT2D eigenvalue weighted by molar-refractivity contribution is 0.587. The number of rotatable bonds is 6. The van der Waals surface area contributed by atoms with E-state index >= 15 is 0 Å². The van der Waals surface area contributed by atoms with Gasteiger partial charge in [0.2, 0.25) is 0 Å². The van der Waals surface area contributed by atoms with Crippen LogP contribution in [0.15, 0.2) is 12.3 Å². The van der Waals surface area contributed by atoms with Crippen molar-refractivity contribution in [1.29, 1.82) is 0 Å². The van der Waals surface area contributed by atoms with E-state index in [1.54, 1.807) is 6.07 Å². The second-order valence-electron chi connectivity index (χ2n) is 5.11. The molecule has 1 heterocycles. The van der Waals surface area contributed by atoms with E-state index in [4.69, 9.17) is 0 Å². The molecule has 100 valence electrons. The van der Waals surface area contributed by atoms with Crippen LogP contribution in [0.25, 0.3) is 0 Å². The van der Waals surface area contributed by atoms with Crippen molar-refractivity contribution in [3.63, 3.8) is 0 Å². The van der Waals surface area contributed by atoms with Crippen molar-refractivity contribution in [2.24, 2.45) is 5.92 Å². The van der Waals surface area contributed by atoms with E-state index in [-0.39, 0.29) is 5.82 Å². The normalized spacial score (nSPS) is 16.7. The fourth-order valence-corrected chi connectivity index (χ4v) is 2.27. The second kappa shape index (κ2) is 5.65. The lowest BCUT2D eigenvalue weighted by Gasteiger charge is -2.28. The molecule has 4 heteroatoms. The van der Waals surface area contributed by atoms with Crippen LogP contribution in [0.1, 0.15) is 32.3 Å². The monoisotopic (exact) mass is 251 g/mol. The van der Waals surface area contributed by atoms with E-state index in [2.05, 4.69) is 29.2 Å². The van der Waals surface area contributed by atoms with Crippen LogP contribution in [0.2, 0.25) is 0 Å². The van der Waals surface area contributed by atoms with E-state index < -0.39 is 0 Å². The summed E-state index contributed by atoms with van der Waals surface area (Å²) in [5, 5.41) is 3.24. The van der Waals surface area contributed by atoms with Crippen LogP contribution >= 0.6 is 0 Å². The Morgan fingerprint density at radius 2 is 2.28 bits per heavy atom. The number of nitrogens with zero attached hydrogens (tertiary/aromatic N) is 2. The molecule has 1 saturated carbocycles. The number of anilines is 1. The largest absolute Gasteiger partial charge is 0.356 e. The third kappa shape index (κ3) is 2.99. The summed E-state index contributed by atoms with van der Waals surface area (Å²) in [6.45, 7) is 5.80. The van der Waals surface area contributed by atoms with Gasteiger partial charge in [-0.1, -0.05) is 6.92 Å². The van der Waals surface area contributed by atoms with E-state index in [0.29, 0.717) is 12.6 Å². The molecule has 1 N–H and O–H groups in total. The highest BCUT2D eigenvalue weighted by atomic mass is 19.1. The summed E-state index contributed by atoms with van der Waals surface area (Å²) in [6.07, 6.45) is 3.91. The molecule has 1 aliphatic rings. The van der Waals surface area contributed by atoms with E-state index in [1.807, 2.05) is 6.92 Å². The summed E-state index contributed by atoms with van der Waals surface area (Å²) in [5.41, 5.74) is 0.937. The third-order valence-electron chi connectivity index (χ3n) is 3.72. The first-order valence-corrected chi connectivity index (χ1v) is 6.71. The first-order valence-electron chi connectivity index (χ1n) is 6.71. The molecular weight excluding hydrogens is 229 g/mol. The van der Waals surface area contributed by atoms with Gasteiger partial charge in [-0.25, -0.2) is 9.37 Å². The second-order valence-corrected chi connectivity index (χ2v) is 5.11. The van der Waals surface area contributed by atoms with E-state index in [0.717, 1.165) is 23.8 Å². The zero-order valence-corrected chi connectivity index (χ0v) is 11.4. The van der Waals surface area contributed by atoms with Crippen LogP contribution in [-0.4, -0.2) is 24.6 Å². The lowest BCUT2D eigenvalue weighted by Crippen LogP contribution is -2.32. The summed E-state index contributed by atoms with van der Waals surface area (Å²) in [5.74, 6) is 1.41. The van der Waals surface area contributed by atoms with Gasteiger partial charge in [0.15, 0.2) is 0 Å². The van der Waals surface area contributed by atoms with Crippen molar-refractivity contribution in [3.8, 4) is 0 Å². The maximum Gasteiger partial charge on any atom is 0.141 e. The number of aromatic nitrogens is 1. The zero-order chi connectivity index (χ0) is 13.1. The Hall–Kier alpha value is -1.16. The van der Waals surface area contributed by atoms with Crippen LogP contribution in [0.5, 0.6) is 0 Å². The fourth-order valence-electron chi connectivity index (χ4n) is 2.27. The maximum absolute atomic E-state index is 13.3. The predicted molar refractivity (Wildman–Crippen MR) is 72.2 cm³/mol. The Labute approximate surface area is 108 Å². The van der Waals surface area contributed by atoms with Crippen molar-refractivity contribution in [3.05, 3.63) is 23.6 Å². The summed E-state index contributed by atoms with van der Waals surface area (Å²) in [7, 11) is 2.05. The number of nitrogens with one attached hydrogen (secondary N) is 1.